The van der Waals surface area contributed by atoms with Crippen LogP contribution < -0.4 is 0 Å². The zero-order valence-corrected chi connectivity index (χ0v) is 70.5. The largest absolute Gasteiger partial charge is 0.493 e. The van der Waals surface area contributed by atoms with E-state index in [1.165, 1.54) is 69.2 Å². The quantitative estimate of drug-likeness (QED) is 0.0139. The van der Waals surface area contributed by atoms with Crippen molar-refractivity contribution in [1.82, 2.24) is 0 Å². The molecule has 0 aromatic heterocycles. The fourth-order valence-corrected chi connectivity index (χ4v) is 11.5. The number of carbonyl (C=O) groups is 6. The molecule has 0 radical (unpaired) electrons. The molecule has 3 fully saturated rings. The van der Waals surface area contributed by atoms with Gasteiger partial charge in [-0.1, -0.05) is 99.9 Å². The van der Waals surface area contributed by atoms with Gasteiger partial charge < -0.3 is 68.9 Å². The molecule has 20 nitrogen and oxygen atoms in total. The molecule has 696 valence electrons. The summed E-state index contributed by atoms with van der Waals surface area (Å²) in [7, 11) is 0. The Kier molecular flexibility index (Phi) is 43.2. The van der Waals surface area contributed by atoms with Gasteiger partial charge in [-0.2, -0.15) is 92.2 Å². The van der Waals surface area contributed by atoms with E-state index in [0.29, 0.717) is 74.1 Å². The van der Waals surface area contributed by atoms with Crippen molar-refractivity contribution in [1.29, 1.82) is 0 Å². The molecule has 0 aliphatic heterocycles. The van der Waals surface area contributed by atoms with Gasteiger partial charge in [-0.15, -0.1) is 0 Å². The van der Waals surface area contributed by atoms with E-state index < -0.39 is 177 Å². The number of esters is 6. The Bertz CT molecular complexity index is 3410. The lowest BCUT2D eigenvalue weighted by molar-refractivity contribution is -0.322. The highest BCUT2D eigenvalue weighted by atomic mass is 19.4. The highest BCUT2D eigenvalue weighted by Crippen LogP contribution is 2.60. The number of carbonyl (C=O) groups excluding carboxylic acids is 6. The molecule has 3 aliphatic carbocycles. The molecular weight excluding hydrogens is 1660 g/mol. The first kappa shape index (κ1) is 118. The summed E-state index contributed by atoms with van der Waals surface area (Å²) < 4.78 is 300. The first-order chi connectivity index (χ1) is 52.5. The van der Waals surface area contributed by atoms with Gasteiger partial charge in [0.25, 0.3) is 0 Å². The average molecular weight is 1770 g/mol. The summed E-state index contributed by atoms with van der Waals surface area (Å²) in [4.78, 5) is 67.9. The van der Waals surface area contributed by atoms with Crippen LogP contribution in [0.2, 0.25) is 0 Å². The van der Waals surface area contributed by atoms with Crippen molar-refractivity contribution in [3.63, 3.8) is 0 Å². The van der Waals surface area contributed by atoms with Gasteiger partial charge in [0, 0.05) is 39.9 Å². The van der Waals surface area contributed by atoms with Gasteiger partial charge in [-0.05, 0) is 186 Å². The molecule has 3 aliphatic rings. The Hall–Kier alpha value is -6.95. The molecule has 7 N–H and O–H groups in total. The molecule has 3 rings (SSSR count). The van der Waals surface area contributed by atoms with E-state index in [-0.39, 0.29) is 59.5 Å². The van der Waals surface area contributed by atoms with Crippen LogP contribution >= 0.6 is 0 Å². The second kappa shape index (κ2) is 43.4. The Balaban J connectivity index is -0.000000651. The normalized spacial score (nSPS) is 21.0. The molecule has 0 aromatic rings. The molecule has 41 heteroatoms. The van der Waals surface area contributed by atoms with E-state index >= 15 is 0 Å². The zero-order chi connectivity index (χ0) is 96.2. The van der Waals surface area contributed by atoms with E-state index in [1.807, 2.05) is 0 Å². The smallest absolute Gasteiger partial charge is 0.420 e. The average Bonchev–Trinajstić information content (AvgIpc) is 1.57. The maximum absolute atomic E-state index is 13.2. The Morgan fingerprint density at radius 3 is 1.08 bits per heavy atom. The van der Waals surface area contributed by atoms with Crippen LogP contribution in [-0.4, -0.2) is 195 Å². The van der Waals surface area contributed by atoms with Crippen molar-refractivity contribution in [3.05, 3.63) is 86.3 Å². The number of hydrogen-bond acceptors (Lipinski definition) is 20. The predicted octanol–water partition coefficient (Wildman–Crippen LogP) is 18.0. The molecule has 0 aromatic carbocycles. The maximum Gasteiger partial charge on any atom is 0.420 e. The van der Waals surface area contributed by atoms with Crippen LogP contribution in [0.5, 0.6) is 0 Å². The Morgan fingerprint density at radius 2 is 0.798 bits per heavy atom. The van der Waals surface area contributed by atoms with Gasteiger partial charge >= 0.3 is 79.0 Å². The fourth-order valence-electron chi connectivity index (χ4n) is 11.5. The first-order valence-electron chi connectivity index (χ1n) is 36.5. The van der Waals surface area contributed by atoms with Crippen molar-refractivity contribution in [2.24, 2.45) is 23.7 Å². The summed E-state index contributed by atoms with van der Waals surface area (Å²) in [5.74, 6) is -7.18. The van der Waals surface area contributed by atoms with Crippen LogP contribution in [0.1, 0.15) is 222 Å². The highest BCUT2D eigenvalue weighted by molar-refractivity contribution is 5.89. The highest BCUT2D eigenvalue weighted by Gasteiger charge is 2.73. The molecule has 13 atom stereocenters. The van der Waals surface area contributed by atoms with Gasteiger partial charge in [0.05, 0.1) is 6.26 Å². The molecule has 0 saturated heterocycles. The lowest BCUT2D eigenvalue weighted by Gasteiger charge is -2.47. The topological polar surface area (TPSA) is 309 Å². The van der Waals surface area contributed by atoms with Crippen molar-refractivity contribution >= 4 is 35.8 Å². The second-order valence-electron chi connectivity index (χ2n) is 31.6. The number of ether oxygens (including phenoxy) is 7. The number of aliphatic hydroxyl groups is 7. The van der Waals surface area contributed by atoms with Crippen LogP contribution in [0.25, 0.3) is 0 Å². The fraction of sp³-hybridized carbons (Fsp3) is 0.744. The number of rotatable bonds is 26. The first-order valence-corrected chi connectivity index (χ1v) is 36.5. The van der Waals surface area contributed by atoms with Crippen LogP contribution in [-0.2, 0) is 61.9 Å². The summed E-state index contributed by atoms with van der Waals surface area (Å²) in [5, 5.41) is 67.0. The third-order valence-electron chi connectivity index (χ3n) is 20.6. The van der Waals surface area contributed by atoms with E-state index in [2.05, 4.69) is 65.0 Å². The number of halogens is 21. The molecule has 0 heterocycles. The third kappa shape index (κ3) is 30.8. The van der Waals surface area contributed by atoms with Gasteiger partial charge in [0.1, 0.15) is 35.1 Å². The predicted molar refractivity (Wildman–Crippen MR) is 392 cm³/mol. The summed E-state index contributed by atoms with van der Waals surface area (Å²) >= 11 is 0. The molecule has 3 saturated carbocycles. The molecule has 0 spiro atoms. The van der Waals surface area contributed by atoms with Crippen molar-refractivity contribution in [2.75, 3.05) is 0 Å². The lowest BCUT2D eigenvalue weighted by Crippen LogP contribution is -2.65. The van der Waals surface area contributed by atoms with E-state index in [4.69, 9.17) is 14.2 Å². The molecular formula is C78H117F21O20. The van der Waals surface area contributed by atoms with Crippen LogP contribution in [0, 0.1) is 23.7 Å². The molecule has 13 unspecified atom stereocenters. The molecule has 119 heavy (non-hydrogen) atoms. The van der Waals surface area contributed by atoms with Crippen molar-refractivity contribution in [3.8, 4) is 0 Å². The minimum atomic E-state index is -4.89. The zero-order valence-electron chi connectivity index (χ0n) is 70.5. The number of alkyl halides is 21. The van der Waals surface area contributed by atoms with Gasteiger partial charge in [0.2, 0.25) is 0 Å². The van der Waals surface area contributed by atoms with Gasteiger partial charge in [0.15, 0.2) is 44.8 Å². The van der Waals surface area contributed by atoms with Crippen LogP contribution in [0.15, 0.2) is 86.3 Å². The minimum Gasteiger partial charge on any atom is -0.493 e. The summed E-state index contributed by atoms with van der Waals surface area (Å²) in [6.07, 6.45) is -32.2. The van der Waals surface area contributed by atoms with Crippen molar-refractivity contribution in [2.45, 2.75) is 346 Å². The van der Waals surface area contributed by atoms with Crippen molar-refractivity contribution < 1.29 is 190 Å². The number of fused-ring (bicyclic) bond motifs is 2. The van der Waals surface area contributed by atoms with E-state index in [0.717, 1.165) is 65.7 Å². The summed E-state index contributed by atoms with van der Waals surface area (Å²) in [6.45, 7) is 45.2. The minimum absolute atomic E-state index is 0.0146. The van der Waals surface area contributed by atoms with E-state index in [9.17, 15) is 157 Å². The standard InChI is InChI=1S/C14H19F3O3.C14H21F3O3.C12H19F3O3.C11H17F3O3.C10H15F3O3.C9H13F3O3.C8H13F3O2/c1-8(2)11(18)20-13(12(3,19)14(15,16)17)7-9-4-5-10(13)6-9;1-9(2)12(18)20-11(10-7-5-4-6-8-10)13(3,19)14(15,16)17;1-6-11(7-2,18-9(16)8(3)4)10(5,17)12(13,14)15;1-6(2)8(17-9(15)7(3)4)10(5,16)11(12,13)14;1-5-7(16-8(14)6(2)3)9(4,15)10(11,12)13;1-5-6(13)15-7(2,3)8(4,14)9(10,11)12;1-5-13-6(2,3)7(4,12)8(9,10)11/h9-10,19H,1,4-7H2,2-3H3;10-11,19H,1,4-8H2,2-3H3;17H,3,6-7H2,1-2,4-5H3;6,8,16H,3H2,1-2,4-5H3;7,15H,2,5H2,1,3-4H3;5,14H,1H2,2-4H3;5,12H,1H2,2-4H3. The molecule has 2 bridgehead atoms. The summed E-state index contributed by atoms with van der Waals surface area (Å²) in [6, 6.07) is 0. The maximum atomic E-state index is 13.2. The Morgan fingerprint density at radius 1 is 0.437 bits per heavy atom. The van der Waals surface area contributed by atoms with Gasteiger partial charge in [-0.3, -0.25) is 0 Å². The van der Waals surface area contributed by atoms with Crippen LogP contribution in [0.4, 0.5) is 92.2 Å². The summed E-state index contributed by atoms with van der Waals surface area (Å²) in [5.41, 5.74) is -29.2. The lowest BCUT2D eigenvalue weighted by atomic mass is 9.72. The Labute approximate surface area is 679 Å². The molecule has 0 amide bonds. The van der Waals surface area contributed by atoms with Crippen LogP contribution in [0.3, 0.4) is 0 Å². The van der Waals surface area contributed by atoms with Gasteiger partial charge in [-0.25, -0.2) is 28.8 Å². The third-order valence-corrected chi connectivity index (χ3v) is 20.6. The number of hydrogen-bond donors (Lipinski definition) is 7. The van der Waals surface area contributed by atoms with E-state index in [1.54, 1.807) is 0 Å². The SMILES string of the molecule is C=C(C)C(=O)OC(C(C)C)C(C)(O)C(F)(F)F.C=C(C)C(=O)OC(C1CCCCC1)C(C)(O)C(F)(F)F.C=C(C)C(=O)OC(CC)(CC)C(C)(O)C(F)(F)F.C=C(C)C(=O)OC(CC)C(C)(O)C(F)(F)F.C=C(C)C(=O)OC1(C(C)(O)C(F)(F)F)CC2CCC1C2.C=CC(=O)OC(C)(C)C(C)(O)C(F)(F)F.C=COC(C)(C)C(C)(O)C(F)(F)F. The monoisotopic (exact) mass is 1770 g/mol. The second-order valence-corrected chi connectivity index (χ2v) is 31.6.